The van der Waals surface area contributed by atoms with Crippen molar-refractivity contribution in [2.24, 2.45) is 0 Å². The zero-order valence-electron chi connectivity index (χ0n) is 13.6. The van der Waals surface area contributed by atoms with Crippen LogP contribution in [-0.4, -0.2) is 20.4 Å². The molecule has 1 aliphatic carbocycles. The van der Waals surface area contributed by atoms with Crippen molar-refractivity contribution >= 4 is 43.6 Å². The van der Waals surface area contributed by atoms with Gasteiger partial charge in [0, 0.05) is 16.6 Å². The molecule has 0 aliphatic heterocycles. The van der Waals surface area contributed by atoms with Gasteiger partial charge >= 0.3 is 0 Å². The van der Waals surface area contributed by atoms with E-state index in [0.717, 1.165) is 12.8 Å². The summed E-state index contributed by atoms with van der Waals surface area (Å²) in [6, 6.07) is 10.6. The molecule has 5 nitrogen and oxygen atoms in total. The summed E-state index contributed by atoms with van der Waals surface area (Å²) in [5.41, 5.74) is 0.734. The van der Waals surface area contributed by atoms with Crippen molar-refractivity contribution in [3.05, 3.63) is 64.4 Å². The van der Waals surface area contributed by atoms with E-state index in [4.69, 9.17) is 0 Å². The van der Waals surface area contributed by atoms with Crippen LogP contribution in [0.25, 0.3) is 6.08 Å². The second kappa shape index (κ2) is 7.69. The standard InChI is InChI=1S/C18H16BrFN2O3S/c19-13-4-9-17(16(20)11-13)21-18(23)10-3-12-1-7-15(8-2-12)26(24,25)22-14-5-6-14/h1-4,7-11,14,22H,5-6H2,(H,21,23)/b10-3+. The van der Waals surface area contributed by atoms with Crippen LogP contribution >= 0.6 is 15.9 Å². The third kappa shape index (κ3) is 5.00. The molecule has 1 saturated carbocycles. The van der Waals surface area contributed by atoms with Crippen molar-refractivity contribution in [3.8, 4) is 0 Å². The summed E-state index contributed by atoms with van der Waals surface area (Å²) >= 11 is 3.15. The van der Waals surface area contributed by atoms with Gasteiger partial charge in [-0.05, 0) is 54.8 Å². The molecular formula is C18H16BrFN2O3S. The molecule has 26 heavy (non-hydrogen) atoms. The summed E-state index contributed by atoms with van der Waals surface area (Å²) in [4.78, 5) is 12.1. The maximum absolute atomic E-state index is 13.7. The lowest BCUT2D eigenvalue weighted by Crippen LogP contribution is -2.25. The fourth-order valence-electron chi connectivity index (χ4n) is 2.18. The van der Waals surface area contributed by atoms with Crippen LogP contribution in [0.2, 0.25) is 0 Å². The Morgan fingerprint density at radius 2 is 1.85 bits per heavy atom. The lowest BCUT2D eigenvalue weighted by molar-refractivity contribution is -0.111. The molecule has 0 spiro atoms. The highest BCUT2D eigenvalue weighted by molar-refractivity contribution is 9.10. The van der Waals surface area contributed by atoms with Gasteiger partial charge in [0.2, 0.25) is 15.9 Å². The summed E-state index contributed by atoms with van der Waals surface area (Å²) in [5, 5.41) is 2.44. The first kappa shape index (κ1) is 18.8. The number of amides is 1. The van der Waals surface area contributed by atoms with Gasteiger partial charge in [-0.1, -0.05) is 28.1 Å². The molecule has 0 atom stereocenters. The molecule has 1 aliphatic rings. The van der Waals surface area contributed by atoms with Crippen molar-refractivity contribution < 1.29 is 17.6 Å². The quantitative estimate of drug-likeness (QED) is 0.675. The Kier molecular flexibility index (Phi) is 5.55. The van der Waals surface area contributed by atoms with E-state index in [1.54, 1.807) is 18.2 Å². The zero-order chi connectivity index (χ0) is 18.7. The van der Waals surface area contributed by atoms with E-state index in [2.05, 4.69) is 26.0 Å². The molecule has 0 unspecified atom stereocenters. The minimum absolute atomic E-state index is 0.0438. The van der Waals surface area contributed by atoms with Gasteiger partial charge in [-0.15, -0.1) is 0 Å². The molecule has 0 radical (unpaired) electrons. The Balaban J connectivity index is 1.63. The van der Waals surface area contributed by atoms with Crippen molar-refractivity contribution in [3.63, 3.8) is 0 Å². The van der Waals surface area contributed by atoms with Crippen molar-refractivity contribution in [1.29, 1.82) is 0 Å². The maximum atomic E-state index is 13.7. The Bertz CT molecular complexity index is 955. The zero-order valence-corrected chi connectivity index (χ0v) is 16.0. The number of nitrogens with one attached hydrogen (secondary N) is 2. The lowest BCUT2D eigenvalue weighted by atomic mass is 10.2. The lowest BCUT2D eigenvalue weighted by Gasteiger charge is -2.05. The monoisotopic (exact) mass is 438 g/mol. The molecular weight excluding hydrogens is 423 g/mol. The molecule has 2 N–H and O–H groups in total. The van der Waals surface area contributed by atoms with Gasteiger partial charge in [0.15, 0.2) is 0 Å². The molecule has 1 amide bonds. The number of carbonyl (C=O) groups is 1. The van der Waals surface area contributed by atoms with Gasteiger partial charge in [0.1, 0.15) is 5.82 Å². The summed E-state index contributed by atoms with van der Waals surface area (Å²) < 4.78 is 41.0. The van der Waals surface area contributed by atoms with Gasteiger partial charge in [-0.25, -0.2) is 17.5 Å². The summed E-state index contributed by atoms with van der Waals surface area (Å²) in [5.74, 6) is -1.03. The van der Waals surface area contributed by atoms with E-state index in [0.29, 0.717) is 10.0 Å². The fraction of sp³-hybridized carbons (Fsp3) is 0.167. The molecule has 8 heteroatoms. The highest BCUT2D eigenvalue weighted by Gasteiger charge is 2.27. The Labute approximate surface area is 159 Å². The second-order valence-electron chi connectivity index (χ2n) is 5.91. The molecule has 0 aromatic heterocycles. The molecule has 2 aromatic carbocycles. The molecule has 0 saturated heterocycles. The molecule has 3 rings (SSSR count). The summed E-state index contributed by atoms with van der Waals surface area (Å²) in [6.45, 7) is 0. The number of rotatable bonds is 6. The predicted octanol–water partition coefficient (Wildman–Crippen LogP) is 3.68. The largest absolute Gasteiger partial charge is 0.320 e. The number of sulfonamides is 1. The van der Waals surface area contributed by atoms with Crippen LogP contribution in [-0.2, 0) is 14.8 Å². The van der Waals surface area contributed by atoms with Crippen LogP contribution < -0.4 is 10.0 Å². The summed E-state index contributed by atoms with van der Waals surface area (Å²) in [6.07, 6.45) is 4.52. The van der Waals surface area contributed by atoms with Crippen LogP contribution in [0, 0.1) is 5.82 Å². The molecule has 136 valence electrons. The van der Waals surface area contributed by atoms with E-state index in [1.807, 2.05) is 0 Å². The highest BCUT2D eigenvalue weighted by Crippen LogP contribution is 2.22. The molecule has 0 heterocycles. The molecule has 0 bridgehead atoms. The molecule has 2 aromatic rings. The van der Waals surface area contributed by atoms with Gasteiger partial charge in [0.25, 0.3) is 0 Å². The average Bonchev–Trinajstić information content (AvgIpc) is 3.39. The number of halogens is 2. The third-order valence-electron chi connectivity index (χ3n) is 3.71. The van der Waals surface area contributed by atoms with Crippen molar-refractivity contribution in [1.82, 2.24) is 4.72 Å². The number of hydrogen-bond acceptors (Lipinski definition) is 3. The van der Waals surface area contributed by atoms with Gasteiger partial charge in [-0.3, -0.25) is 4.79 Å². The van der Waals surface area contributed by atoms with Crippen LogP contribution in [0.4, 0.5) is 10.1 Å². The topological polar surface area (TPSA) is 75.3 Å². The normalized spacial score (nSPS) is 14.5. The smallest absolute Gasteiger partial charge is 0.248 e. The SMILES string of the molecule is O=C(/C=C/c1ccc(S(=O)(=O)NC2CC2)cc1)Nc1ccc(Br)cc1F. The van der Waals surface area contributed by atoms with E-state index in [9.17, 15) is 17.6 Å². The van der Waals surface area contributed by atoms with Crippen LogP contribution in [0.1, 0.15) is 18.4 Å². The van der Waals surface area contributed by atoms with E-state index in [-0.39, 0.29) is 16.6 Å². The van der Waals surface area contributed by atoms with E-state index >= 15 is 0 Å². The Morgan fingerprint density at radius 1 is 1.15 bits per heavy atom. The van der Waals surface area contributed by atoms with Crippen LogP contribution in [0.5, 0.6) is 0 Å². The third-order valence-corrected chi connectivity index (χ3v) is 5.74. The Hall–Kier alpha value is -2.03. The van der Waals surface area contributed by atoms with Crippen LogP contribution in [0.15, 0.2) is 57.9 Å². The summed E-state index contributed by atoms with van der Waals surface area (Å²) in [7, 11) is -3.49. The van der Waals surface area contributed by atoms with Crippen molar-refractivity contribution in [2.75, 3.05) is 5.32 Å². The predicted molar refractivity (Wildman–Crippen MR) is 102 cm³/mol. The van der Waals surface area contributed by atoms with Gasteiger partial charge in [0.05, 0.1) is 10.6 Å². The minimum Gasteiger partial charge on any atom is -0.320 e. The highest BCUT2D eigenvalue weighted by atomic mass is 79.9. The fourth-order valence-corrected chi connectivity index (χ4v) is 3.82. The van der Waals surface area contributed by atoms with Gasteiger partial charge in [-0.2, -0.15) is 0 Å². The minimum atomic E-state index is -3.49. The first-order valence-electron chi connectivity index (χ1n) is 7.90. The average molecular weight is 439 g/mol. The molecule has 1 fully saturated rings. The second-order valence-corrected chi connectivity index (χ2v) is 8.54. The number of hydrogen-bond donors (Lipinski definition) is 2. The van der Waals surface area contributed by atoms with Crippen LogP contribution in [0.3, 0.4) is 0 Å². The van der Waals surface area contributed by atoms with E-state index in [1.165, 1.54) is 36.4 Å². The number of anilines is 1. The van der Waals surface area contributed by atoms with Crippen molar-refractivity contribution in [2.45, 2.75) is 23.8 Å². The maximum Gasteiger partial charge on any atom is 0.248 e. The van der Waals surface area contributed by atoms with Gasteiger partial charge < -0.3 is 5.32 Å². The first-order valence-corrected chi connectivity index (χ1v) is 10.2. The number of carbonyl (C=O) groups excluding carboxylic acids is 1. The number of benzene rings is 2. The Morgan fingerprint density at radius 3 is 2.46 bits per heavy atom. The van der Waals surface area contributed by atoms with E-state index < -0.39 is 21.7 Å². The first-order chi connectivity index (χ1) is 12.3.